The van der Waals surface area contributed by atoms with E-state index in [1.807, 2.05) is 6.20 Å². The number of rotatable bonds is 4. The molecular weight excluding hydrogens is 224 g/mol. The standard InChI is InChI=1S/C15H18N2O/c1-2-16-10-15-17-9-14(18-15)13-7-6-11-4-3-5-12(11)8-13/h6-9,16H,2-5,10H2,1H3. The van der Waals surface area contributed by atoms with E-state index in [1.165, 1.54) is 30.4 Å². The number of aromatic nitrogens is 1. The van der Waals surface area contributed by atoms with Crippen molar-refractivity contribution < 1.29 is 4.42 Å². The van der Waals surface area contributed by atoms with E-state index in [0.717, 1.165) is 23.8 Å². The van der Waals surface area contributed by atoms with Gasteiger partial charge in [0, 0.05) is 5.56 Å². The van der Waals surface area contributed by atoms with E-state index >= 15 is 0 Å². The molecule has 3 nitrogen and oxygen atoms in total. The summed E-state index contributed by atoms with van der Waals surface area (Å²) in [7, 11) is 0. The summed E-state index contributed by atoms with van der Waals surface area (Å²) in [5.74, 6) is 1.63. The Morgan fingerprint density at radius 2 is 2.17 bits per heavy atom. The van der Waals surface area contributed by atoms with Gasteiger partial charge in [0.05, 0.1) is 12.7 Å². The van der Waals surface area contributed by atoms with Crippen LogP contribution in [0.2, 0.25) is 0 Å². The van der Waals surface area contributed by atoms with E-state index in [9.17, 15) is 0 Å². The van der Waals surface area contributed by atoms with Gasteiger partial charge in [0.1, 0.15) is 0 Å². The van der Waals surface area contributed by atoms with Crippen molar-refractivity contribution in [2.75, 3.05) is 6.54 Å². The van der Waals surface area contributed by atoms with Crippen LogP contribution in [0.5, 0.6) is 0 Å². The fourth-order valence-corrected chi connectivity index (χ4v) is 2.48. The molecule has 3 rings (SSSR count). The van der Waals surface area contributed by atoms with Gasteiger partial charge in [-0.3, -0.25) is 0 Å². The van der Waals surface area contributed by atoms with E-state index in [0.29, 0.717) is 6.54 Å². The molecule has 0 fully saturated rings. The Morgan fingerprint density at radius 3 is 3.06 bits per heavy atom. The zero-order chi connectivity index (χ0) is 12.4. The maximum Gasteiger partial charge on any atom is 0.208 e. The number of hydrogen-bond donors (Lipinski definition) is 1. The molecule has 0 amide bonds. The number of hydrogen-bond acceptors (Lipinski definition) is 3. The van der Waals surface area contributed by atoms with Crippen molar-refractivity contribution in [3.8, 4) is 11.3 Å². The summed E-state index contributed by atoms with van der Waals surface area (Å²) >= 11 is 0. The molecular formula is C15H18N2O. The fourth-order valence-electron chi connectivity index (χ4n) is 2.48. The lowest BCUT2D eigenvalue weighted by atomic mass is 10.1. The van der Waals surface area contributed by atoms with Crippen LogP contribution in [-0.4, -0.2) is 11.5 Å². The Labute approximate surface area is 107 Å². The van der Waals surface area contributed by atoms with E-state index < -0.39 is 0 Å². The van der Waals surface area contributed by atoms with Crippen LogP contribution in [0.4, 0.5) is 0 Å². The topological polar surface area (TPSA) is 38.1 Å². The third-order valence-corrected chi connectivity index (χ3v) is 3.46. The number of benzene rings is 1. The number of fused-ring (bicyclic) bond motifs is 1. The Balaban J connectivity index is 1.83. The molecule has 0 saturated carbocycles. The summed E-state index contributed by atoms with van der Waals surface area (Å²) in [6, 6.07) is 6.62. The summed E-state index contributed by atoms with van der Waals surface area (Å²) in [5.41, 5.74) is 4.11. The van der Waals surface area contributed by atoms with Crippen LogP contribution < -0.4 is 5.32 Å². The lowest BCUT2D eigenvalue weighted by Gasteiger charge is -2.01. The second-order valence-electron chi connectivity index (χ2n) is 4.74. The smallest absolute Gasteiger partial charge is 0.208 e. The number of nitrogens with zero attached hydrogens (tertiary/aromatic N) is 1. The quantitative estimate of drug-likeness (QED) is 0.895. The minimum absolute atomic E-state index is 0.696. The molecule has 1 heterocycles. The molecule has 94 valence electrons. The summed E-state index contributed by atoms with van der Waals surface area (Å²) in [4.78, 5) is 4.29. The summed E-state index contributed by atoms with van der Waals surface area (Å²) < 4.78 is 5.76. The molecule has 0 spiro atoms. The van der Waals surface area contributed by atoms with Gasteiger partial charge in [-0.1, -0.05) is 19.1 Å². The second kappa shape index (κ2) is 4.94. The number of oxazole rings is 1. The normalized spacial score (nSPS) is 13.8. The van der Waals surface area contributed by atoms with E-state index in [2.05, 4.69) is 35.4 Å². The molecule has 18 heavy (non-hydrogen) atoms. The van der Waals surface area contributed by atoms with Crippen molar-refractivity contribution in [1.29, 1.82) is 0 Å². The van der Waals surface area contributed by atoms with Crippen molar-refractivity contribution in [3.05, 3.63) is 41.4 Å². The monoisotopic (exact) mass is 242 g/mol. The van der Waals surface area contributed by atoms with Gasteiger partial charge in [0.25, 0.3) is 0 Å². The molecule has 1 aliphatic rings. The van der Waals surface area contributed by atoms with Gasteiger partial charge in [0.2, 0.25) is 5.89 Å². The molecule has 0 saturated heterocycles. The first-order valence-corrected chi connectivity index (χ1v) is 6.64. The molecule has 0 unspecified atom stereocenters. The summed E-state index contributed by atoms with van der Waals surface area (Å²) in [6.45, 7) is 3.70. The fraction of sp³-hybridized carbons (Fsp3) is 0.400. The van der Waals surface area contributed by atoms with Gasteiger partial charge < -0.3 is 9.73 Å². The van der Waals surface area contributed by atoms with Gasteiger partial charge in [0.15, 0.2) is 5.76 Å². The Kier molecular flexibility index (Phi) is 3.15. The number of nitrogens with one attached hydrogen (secondary N) is 1. The molecule has 0 bridgehead atoms. The number of aryl methyl sites for hydroxylation is 2. The predicted octanol–water partition coefficient (Wildman–Crippen LogP) is 2.94. The molecule has 1 aromatic carbocycles. The lowest BCUT2D eigenvalue weighted by molar-refractivity contribution is 0.482. The first-order valence-electron chi connectivity index (χ1n) is 6.64. The van der Waals surface area contributed by atoms with Crippen LogP contribution >= 0.6 is 0 Å². The van der Waals surface area contributed by atoms with Gasteiger partial charge in [-0.25, -0.2) is 4.98 Å². The molecule has 2 aromatic rings. The first-order chi connectivity index (χ1) is 8.86. The first kappa shape index (κ1) is 11.5. The van der Waals surface area contributed by atoms with Gasteiger partial charge in [-0.05, 0) is 43.0 Å². The van der Waals surface area contributed by atoms with Crippen molar-refractivity contribution >= 4 is 0 Å². The average molecular weight is 242 g/mol. The third-order valence-electron chi connectivity index (χ3n) is 3.46. The average Bonchev–Trinajstić information content (AvgIpc) is 3.04. The zero-order valence-electron chi connectivity index (χ0n) is 10.7. The SMILES string of the molecule is CCNCc1ncc(-c2ccc3c(c2)CCC3)o1. The molecule has 1 N–H and O–H groups in total. The van der Waals surface area contributed by atoms with Crippen LogP contribution in [0.1, 0.15) is 30.4 Å². The maximum atomic E-state index is 5.76. The highest BCUT2D eigenvalue weighted by Gasteiger charge is 2.13. The lowest BCUT2D eigenvalue weighted by Crippen LogP contribution is -2.11. The minimum Gasteiger partial charge on any atom is -0.439 e. The largest absolute Gasteiger partial charge is 0.439 e. The van der Waals surface area contributed by atoms with Crippen molar-refractivity contribution in [2.45, 2.75) is 32.7 Å². The van der Waals surface area contributed by atoms with Crippen LogP contribution in [0, 0.1) is 0 Å². The van der Waals surface area contributed by atoms with Gasteiger partial charge in [-0.2, -0.15) is 0 Å². The Hall–Kier alpha value is -1.61. The highest BCUT2D eigenvalue weighted by molar-refractivity contribution is 5.59. The third kappa shape index (κ3) is 2.18. The molecule has 3 heteroatoms. The van der Waals surface area contributed by atoms with Crippen LogP contribution in [0.25, 0.3) is 11.3 Å². The van der Waals surface area contributed by atoms with Crippen LogP contribution in [-0.2, 0) is 19.4 Å². The molecule has 0 atom stereocenters. The van der Waals surface area contributed by atoms with Crippen molar-refractivity contribution in [3.63, 3.8) is 0 Å². The predicted molar refractivity (Wildman–Crippen MR) is 71.3 cm³/mol. The molecule has 1 aliphatic carbocycles. The van der Waals surface area contributed by atoms with Gasteiger partial charge >= 0.3 is 0 Å². The van der Waals surface area contributed by atoms with Gasteiger partial charge in [-0.15, -0.1) is 0 Å². The molecule has 0 radical (unpaired) electrons. The highest BCUT2D eigenvalue weighted by Crippen LogP contribution is 2.28. The van der Waals surface area contributed by atoms with Crippen molar-refractivity contribution in [2.24, 2.45) is 0 Å². The second-order valence-corrected chi connectivity index (χ2v) is 4.74. The Bertz CT molecular complexity index is 545. The summed E-state index contributed by atoms with van der Waals surface area (Å²) in [6.07, 6.45) is 5.52. The molecule has 1 aromatic heterocycles. The van der Waals surface area contributed by atoms with Crippen molar-refractivity contribution in [1.82, 2.24) is 10.3 Å². The van der Waals surface area contributed by atoms with Crippen LogP contribution in [0.3, 0.4) is 0 Å². The maximum absolute atomic E-state index is 5.76. The van der Waals surface area contributed by atoms with E-state index in [1.54, 1.807) is 0 Å². The van der Waals surface area contributed by atoms with E-state index in [-0.39, 0.29) is 0 Å². The van der Waals surface area contributed by atoms with E-state index in [4.69, 9.17) is 4.42 Å². The van der Waals surface area contributed by atoms with Crippen LogP contribution in [0.15, 0.2) is 28.8 Å². The minimum atomic E-state index is 0.696. The molecule has 0 aliphatic heterocycles. The Morgan fingerprint density at radius 1 is 1.28 bits per heavy atom. The zero-order valence-corrected chi connectivity index (χ0v) is 10.7. The highest BCUT2D eigenvalue weighted by atomic mass is 16.4. The summed E-state index contributed by atoms with van der Waals surface area (Å²) in [5, 5.41) is 3.21.